The summed E-state index contributed by atoms with van der Waals surface area (Å²) in [5, 5.41) is 19.8. The van der Waals surface area contributed by atoms with Gasteiger partial charge in [0, 0.05) is 0 Å². The monoisotopic (exact) mass is 398 g/mol. The summed E-state index contributed by atoms with van der Waals surface area (Å²) in [5.41, 5.74) is 0. The summed E-state index contributed by atoms with van der Waals surface area (Å²) in [6.07, 6.45) is 10.8. The maximum atomic E-state index is 11.6. The fraction of sp³-hybridized carbons (Fsp3) is 0.909. The van der Waals surface area contributed by atoms with E-state index in [2.05, 4.69) is 0 Å². The highest BCUT2D eigenvalue weighted by Gasteiger charge is 2.41. The van der Waals surface area contributed by atoms with Crippen LogP contribution in [-0.4, -0.2) is 46.6 Å². The van der Waals surface area contributed by atoms with E-state index in [1.165, 1.54) is 38.5 Å². The van der Waals surface area contributed by atoms with Crippen molar-refractivity contribution in [1.29, 1.82) is 0 Å². The molecule has 28 heavy (non-hydrogen) atoms. The summed E-state index contributed by atoms with van der Waals surface area (Å²) in [4.78, 5) is 23.2. The number of cyclic esters (lactones) is 2. The van der Waals surface area contributed by atoms with Crippen LogP contribution < -0.4 is 0 Å². The molecule has 2 rings (SSSR count). The van der Waals surface area contributed by atoms with Gasteiger partial charge in [-0.3, -0.25) is 9.59 Å². The van der Waals surface area contributed by atoms with Gasteiger partial charge in [0.15, 0.2) is 0 Å². The molecule has 6 heteroatoms. The van der Waals surface area contributed by atoms with Crippen LogP contribution in [0.1, 0.15) is 90.9 Å². The lowest BCUT2D eigenvalue weighted by molar-refractivity contribution is -0.144. The van der Waals surface area contributed by atoms with Gasteiger partial charge in [-0.15, -0.1) is 0 Å². The topological polar surface area (TPSA) is 93.1 Å². The van der Waals surface area contributed by atoms with Crippen molar-refractivity contribution in [3.63, 3.8) is 0 Å². The largest absolute Gasteiger partial charge is 0.460 e. The Morgan fingerprint density at radius 1 is 0.607 bits per heavy atom. The molecule has 4 unspecified atom stereocenters. The van der Waals surface area contributed by atoms with Gasteiger partial charge in [-0.25, -0.2) is 0 Å². The fourth-order valence-corrected chi connectivity index (χ4v) is 4.33. The van der Waals surface area contributed by atoms with Crippen molar-refractivity contribution in [2.24, 2.45) is 11.8 Å². The summed E-state index contributed by atoms with van der Waals surface area (Å²) < 4.78 is 10.1. The number of esters is 2. The first-order chi connectivity index (χ1) is 13.4. The van der Waals surface area contributed by atoms with E-state index in [0.717, 1.165) is 38.5 Å². The van der Waals surface area contributed by atoms with Gasteiger partial charge < -0.3 is 19.7 Å². The molecule has 0 bridgehead atoms. The molecule has 2 aliphatic heterocycles. The maximum absolute atomic E-state index is 11.6. The summed E-state index contributed by atoms with van der Waals surface area (Å²) >= 11 is 0. The number of carbonyl (C=O) groups excluding carboxylic acids is 2. The number of hydrogen-bond acceptors (Lipinski definition) is 6. The molecule has 0 spiro atoms. The minimum absolute atomic E-state index is 0.242. The summed E-state index contributed by atoms with van der Waals surface area (Å²) in [6.45, 7) is 3.49. The van der Waals surface area contributed by atoms with Gasteiger partial charge in [-0.2, -0.15) is 0 Å². The van der Waals surface area contributed by atoms with Gasteiger partial charge in [0.25, 0.3) is 0 Å². The summed E-state index contributed by atoms with van der Waals surface area (Å²) in [5.74, 6) is -1.14. The van der Waals surface area contributed by atoms with Crippen molar-refractivity contribution in [1.82, 2.24) is 0 Å². The second-order valence-electron chi connectivity index (χ2n) is 8.59. The first-order valence-electron chi connectivity index (χ1n) is 11.2. The van der Waals surface area contributed by atoms with Gasteiger partial charge in [-0.05, 0) is 26.7 Å². The molecule has 2 saturated heterocycles. The van der Waals surface area contributed by atoms with Crippen molar-refractivity contribution in [3.05, 3.63) is 0 Å². The van der Waals surface area contributed by atoms with Crippen LogP contribution in [-0.2, 0) is 19.1 Å². The van der Waals surface area contributed by atoms with E-state index in [9.17, 15) is 19.8 Å². The van der Waals surface area contributed by atoms with Crippen LogP contribution in [0.25, 0.3) is 0 Å². The van der Waals surface area contributed by atoms with Crippen LogP contribution in [0.5, 0.6) is 0 Å². The SMILES string of the molecule is C[C@@H]1OC(=O)C(CCCCCCCCCCCCC2C(=O)O[C@@H](C)C2O)C1O. The molecule has 2 fully saturated rings. The first kappa shape index (κ1) is 23.1. The molecule has 0 amide bonds. The van der Waals surface area contributed by atoms with Crippen molar-refractivity contribution < 1.29 is 29.3 Å². The Balaban J connectivity index is 1.36. The van der Waals surface area contributed by atoms with Crippen LogP contribution in [0.2, 0.25) is 0 Å². The first-order valence-corrected chi connectivity index (χ1v) is 11.2. The number of carbonyl (C=O) groups is 2. The highest BCUT2D eigenvalue weighted by Crippen LogP contribution is 2.28. The highest BCUT2D eigenvalue weighted by molar-refractivity contribution is 5.76. The lowest BCUT2D eigenvalue weighted by atomic mass is 9.94. The second kappa shape index (κ2) is 11.8. The van der Waals surface area contributed by atoms with Crippen LogP contribution in [0.4, 0.5) is 0 Å². The van der Waals surface area contributed by atoms with E-state index >= 15 is 0 Å². The normalized spacial score (nSPS) is 32.6. The standard InChI is InChI=1S/C22H38O6/c1-15-19(23)17(21(25)27-15)13-11-9-7-5-3-4-6-8-10-12-14-18-20(24)16(2)28-22(18)26/h15-20,23-24H,3-14H2,1-2H3/t15-,16-,17?,18?,19?,20?/m0/s1. The molecule has 0 aliphatic carbocycles. The molecule has 0 aromatic rings. The molecule has 0 saturated carbocycles. The Bertz CT molecular complexity index is 449. The number of rotatable bonds is 13. The van der Waals surface area contributed by atoms with Crippen LogP contribution in [0, 0.1) is 11.8 Å². The molecule has 162 valence electrons. The van der Waals surface area contributed by atoms with Crippen molar-refractivity contribution in [3.8, 4) is 0 Å². The Hall–Kier alpha value is -1.14. The Labute approximate surface area is 169 Å². The van der Waals surface area contributed by atoms with Crippen molar-refractivity contribution >= 4 is 11.9 Å². The van der Waals surface area contributed by atoms with E-state index < -0.39 is 12.2 Å². The molecular weight excluding hydrogens is 360 g/mol. The number of ether oxygens (including phenoxy) is 2. The van der Waals surface area contributed by atoms with Gasteiger partial charge in [0.05, 0.1) is 11.8 Å². The van der Waals surface area contributed by atoms with Gasteiger partial charge in [0.2, 0.25) is 0 Å². The Morgan fingerprint density at radius 2 is 0.893 bits per heavy atom. The average Bonchev–Trinajstić information content (AvgIpc) is 3.04. The van der Waals surface area contributed by atoms with Gasteiger partial charge >= 0.3 is 11.9 Å². The highest BCUT2D eigenvalue weighted by atomic mass is 16.6. The Kier molecular flexibility index (Phi) is 9.72. The molecular formula is C22H38O6. The van der Waals surface area contributed by atoms with Crippen LogP contribution in [0.15, 0.2) is 0 Å². The van der Waals surface area contributed by atoms with E-state index in [1.807, 2.05) is 0 Å². The lowest BCUT2D eigenvalue weighted by Crippen LogP contribution is -2.24. The maximum Gasteiger partial charge on any atom is 0.312 e. The quantitative estimate of drug-likeness (QED) is 0.364. The molecule has 0 aromatic carbocycles. The minimum Gasteiger partial charge on any atom is -0.460 e. The number of aliphatic hydroxyl groups excluding tert-OH is 2. The van der Waals surface area contributed by atoms with E-state index in [0.29, 0.717) is 0 Å². The molecule has 2 heterocycles. The smallest absolute Gasteiger partial charge is 0.312 e. The van der Waals surface area contributed by atoms with Crippen molar-refractivity contribution in [2.45, 2.75) is 115 Å². The second-order valence-corrected chi connectivity index (χ2v) is 8.59. The Morgan fingerprint density at radius 3 is 1.14 bits per heavy atom. The number of aliphatic hydroxyl groups is 2. The summed E-state index contributed by atoms with van der Waals surface area (Å²) in [6, 6.07) is 0. The molecule has 2 N–H and O–H groups in total. The predicted octanol–water partition coefficient (Wildman–Crippen LogP) is 3.51. The third-order valence-electron chi connectivity index (χ3n) is 6.28. The average molecular weight is 399 g/mol. The third kappa shape index (κ3) is 6.73. The van der Waals surface area contributed by atoms with E-state index in [4.69, 9.17) is 9.47 Å². The molecule has 6 nitrogen and oxygen atoms in total. The van der Waals surface area contributed by atoms with E-state index in [1.54, 1.807) is 13.8 Å². The zero-order chi connectivity index (χ0) is 20.5. The summed E-state index contributed by atoms with van der Waals surface area (Å²) in [7, 11) is 0. The zero-order valence-corrected chi connectivity index (χ0v) is 17.5. The minimum atomic E-state index is -0.640. The van der Waals surface area contributed by atoms with Crippen LogP contribution >= 0.6 is 0 Å². The third-order valence-corrected chi connectivity index (χ3v) is 6.28. The zero-order valence-electron chi connectivity index (χ0n) is 17.5. The molecule has 2 aliphatic rings. The predicted molar refractivity (Wildman–Crippen MR) is 106 cm³/mol. The molecule has 0 radical (unpaired) electrons. The lowest BCUT2D eigenvalue weighted by Gasteiger charge is -2.11. The van der Waals surface area contributed by atoms with E-state index in [-0.39, 0.29) is 36.0 Å². The number of hydrogen-bond donors (Lipinski definition) is 2. The number of unbranched alkanes of at least 4 members (excludes halogenated alkanes) is 9. The van der Waals surface area contributed by atoms with Gasteiger partial charge in [-0.1, -0.05) is 64.2 Å². The van der Waals surface area contributed by atoms with Crippen LogP contribution in [0.3, 0.4) is 0 Å². The molecule has 0 aromatic heterocycles. The fourth-order valence-electron chi connectivity index (χ4n) is 4.33. The van der Waals surface area contributed by atoms with Gasteiger partial charge in [0.1, 0.15) is 24.4 Å². The molecule has 6 atom stereocenters. The van der Waals surface area contributed by atoms with Crippen molar-refractivity contribution in [2.75, 3.05) is 0 Å².